The van der Waals surface area contributed by atoms with Gasteiger partial charge < -0.3 is 55.7 Å². The van der Waals surface area contributed by atoms with Crippen LogP contribution in [0.5, 0.6) is 0 Å². The number of hydrogen-bond acceptors (Lipinski definition) is 15. The van der Waals surface area contributed by atoms with E-state index in [1.807, 2.05) is 0 Å². The first-order valence-electron chi connectivity index (χ1n) is 7.88. The summed E-state index contributed by atoms with van der Waals surface area (Å²) in [5.41, 5.74) is 5.95. The number of ether oxygens (including phenoxy) is 1. The molecule has 2 unspecified atom stereocenters. The first-order chi connectivity index (χ1) is 14.2. The number of nitrogen functional groups attached to an aromatic ring is 1. The van der Waals surface area contributed by atoms with Gasteiger partial charge in [-0.2, -0.15) is 0 Å². The van der Waals surface area contributed by atoms with Crippen LogP contribution < -0.4 is 74.6 Å². The summed E-state index contributed by atoms with van der Waals surface area (Å²) in [6.45, 7) is -1.05. The van der Waals surface area contributed by atoms with Crippen LogP contribution in [0.2, 0.25) is 0 Å². The molecule has 2 aromatic heterocycles. The second-order valence-electron chi connectivity index (χ2n) is 5.97. The fourth-order valence-corrected chi connectivity index (χ4v) is 5.54. The summed E-state index contributed by atoms with van der Waals surface area (Å²) < 4.78 is 50.9. The van der Waals surface area contributed by atoms with Crippen LogP contribution in [-0.2, 0) is 31.6 Å². The molecule has 0 saturated carbocycles. The van der Waals surface area contributed by atoms with Gasteiger partial charge in [0.05, 0.1) is 12.9 Å². The molecular formula is C10H18N5Na2O15P3. The van der Waals surface area contributed by atoms with Gasteiger partial charge in [0.25, 0.3) is 15.6 Å². The van der Waals surface area contributed by atoms with Crippen LogP contribution >= 0.6 is 23.5 Å². The quantitative estimate of drug-likeness (QED) is 0.141. The van der Waals surface area contributed by atoms with Crippen LogP contribution in [0.4, 0.5) is 5.82 Å². The van der Waals surface area contributed by atoms with Crippen molar-refractivity contribution < 1.29 is 131 Å². The van der Waals surface area contributed by atoms with E-state index >= 15 is 0 Å². The predicted molar refractivity (Wildman–Crippen MR) is 98.3 cm³/mol. The summed E-state index contributed by atoms with van der Waals surface area (Å²) in [7, 11) is -17.4. The van der Waals surface area contributed by atoms with Crippen molar-refractivity contribution in [3.63, 3.8) is 0 Å². The van der Waals surface area contributed by atoms with E-state index in [1.54, 1.807) is 0 Å². The number of phosphoric acid groups is 3. The van der Waals surface area contributed by atoms with E-state index in [2.05, 4.69) is 28.1 Å². The van der Waals surface area contributed by atoms with Gasteiger partial charge in [-0.3, -0.25) is 13.7 Å². The molecule has 3 heterocycles. The Morgan fingerprint density at radius 3 is 2.20 bits per heavy atom. The average Bonchev–Trinajstić information content (AvgIpc) is 3.13. The third-order valence-corrected chi connectivity index (χ3v) is 7.52. The van der Waals surface area contributed by atoms with Crippen molar-refractivity contribution in [1.82, 2.24) is 19.5 Å². The van der Waals surface area contributed by atoms with E-state index in [9.17, 15) is 33.7 Å². The second-order valence-corrected chi connectivity index (χ2v) is 10.3. The summed E-state index contributed by atoms with van der Waals surface area (Å²) in [5.74, 6) is 0.0284. The predicted octanol–water partition coefficient (Wildman–Crippen LogP) is -10.5. The molecule has 25 heteroatoms. The Morgan fingerprint density at radius 1 is 1.03 bits per heavy atom. The van der Waals surface area contributed by atoms with Crippen LogP contribution in [0.3, 0.4) is 0 Å². The van der Waals surface area contributed by atoms with Crippen molar-refractivity contribution in [3.8, 4) is 0 Å². The smallest absolute Gasteiger partial charge is 0.756 e. The monoisotopic (exact) mass is 587 g/mol. The summed E-state index contributed by atoms with van der Waals surface area (Å²) in [6, 6.07) is 0. The zero-order valence-electron chi connectivity index (χ0n) is 17.8. The van der Waals surface area contributed by atoms with E-state index in [4.69, 9.17) is 20.3 Å². The van der Waals surface area contributed by atoms with Gasteiger partial charge in [-0.25, -0.2) is 28.1 Å². The minimum atomic E-state index is -6.01. The fourth-order valence-electron chi connectivity index (χ4n) is 2.61. The molecule has 0 spiro atoms. The Morgan fingerprint density at radius 2 is 1.63 bits per heavy atom. The van der Waals surface area contributed by atoms with Gasteiger partial charge in [-0.1, -0.05) is 0 Å². The van der Waals surface area contributed by atoms with Gasteiger partial charge in [-0.15, -0.1) is 0 Å². The number of anilines is 1. The molecule has 1 fully saturated rings. The number of imidazole rings is 1. The molecule has 1 saturated heterocycles. The molecule has 1 aliphatic heterocycles. The van der Waals surface area contributed by atoms with Crippen LogP contribution in [0, 0.1) is 0 Å². The topological polar surface area (TPSA) is 348 Å². The molecule has 2 aromatic rings. The number of nitrogens with two attached hydrogens (primary N) is 1. The summed E-state index contributed by atoms with van der Waals surface area (Å²) in [6.07, 6.45) is -3.89. The molecule has 0 amide bonds. The third-order valence-electron chi connectivity index (χ3n) is 3.80. The Bertz CT molecular complexity index is 1120. The maximum absolute atomic E-state index is 11.6. The number of rotatable bonds is 8. The molecule has 35 heavy (non-hydrogen) atoms. The molecule has 6 atom stereocenters. The van der Waals surface area contributed by atoms with E-state index in [-0.39, 0.29) is 87.0 Å². The Kier molecular flexibility index (Phi) is 15.2. The van der Waals surface area contributed by atoms with Crippen molar-refractivity contribution in [2.75, 3.05) is 12.3 Å². The second kappa shape index (κ2) is 14.1. The van der Waals surface area contributed by atoms with Crippen LogP contribution in [-0.4, -0.2) is 75.4 Å². The largest absolute Gasteiger partial charge is 1.00 e. The first kappa shape index (κ1) is 37.7. The molecular weight excluding hydrogens is 569 g/mol. The van der Waals surface area contributed by atoms with Gasteiger partial charge in [-0.05, 0) is 0 Å². The van der Waals surface area contributed by atoms with Crippen molar-refractivity contribution in [2.45, 2.75) is 24.5 Å². The molecule has 3 rings (SSSR count). The van der Waals surface area contributed by atoms with Crippen LogP contribution in [0.15, 0.2) is 12.7 Å². The number of nitrogens with zero attached hydrogens (tertiary/aromatic N) is 4. The third kappa shape index (κ3) is 9.67. The Hall–Kier alpha value is 0.560. The van der Waals surface area contributed by atoms with E-state index in [1.165, 1.54) is 10.9 Å². The Labute approximate surface area is 239 Å². The molecule has 10 N–H and O–H groups in total. The minimum absolute atomic E-state index is 0. The standard InChI is InChI=1S/C10H16N5O13P3.2Na.2H2O/c11-8-5-9(13-2-12-8)15(3-14-5)10-7(17)6(16)4(26-10)1-25-30(21,22)28-31(23,24)27-29(18,19)20;;;;/h2-4,6-7,10,16-17H,1H2,(H,21,22)(H,23,24)(H2,11,12,13)(H2,18,19,20);;;2*1H2/q;2*+1;;/p-2/t4-,6-,7-,10-;;;;/m1..../s1. The molecule has 0 radical (unpaired) electrons. The van der Waals surface area contributed by atoms with Crippen molar-refractivity contribution in [3.05, 3.63) is 12.7 Å². The first-order valence-corrected chi connectivity index (χ1v) is 12.3. The molecule has 0 aliphatic carbocycles. The zero-order chi connectivity index (χ0) is 23.2. The number of phosphoric ester groups is 1. The number of fused-ring (bicyclic) bond motifs is 1. The van der Waals surface area contributed by atoms with Crippen molar-refractivity contribution >= 4 is 40.4 Å². The average molecular weight is 587 g/mol. The summed E-state index contributed by atoms with van der Waals surface area (Å²) in [4.78, 5) is 51.3. The van der Waals surface area contributed by atoms with E-state index < -0.39 is 54.6 Å². The molecule has 20 nitrogen and oxygen atoms in total. The molecule has 190 valence electrons. The van der Waals surface area contributed by atoms with Gasteiger partial charge in [0.1, 0.15) is 30.2 Å². The van der Waals surface area contributed by atoms with Gasteiger partial charge >= 0.3 is 66.9 Å². The maximum atomic E-state index is 11.6. The number of aliphatic hydroxyl groups is 2. The molecule has 0 aromatic carbocycles. The zero-order valence-corrected chi connectivity index (χ0v) is 24.5. The summed E-state index contributed by atoms with van der Waals surface area (Å²) >= 11 is 0. The molecule has 0 bridgehead atoms. The van der Waals surface area contributed by atoms with Gasteiger partial charge in [0.15, 0.2) is 17.7 Å². The van der Waals surface area contributed by atoms with Crippen molar-refractivity contribution in [1.29, 1.82) is 0 Å². The number of aliphatic hydroxyl groups excluding tert-OH is 2. The van der Waals surface area contributed by atoms with Crippen LogP contribution in [0.25, 0.3) is 11.2 Å². The number of aromatic nitrogens is 4. The van der Waals surface area contributed by atoms with Gasteiger partial charge in [0, 0.05) is 0 Å². The fraction of sp³-hybridized carbons (Fsp3) is 0.500. The maximum Gasteiger partial charge on any atom is 1.00 e. The minimum Gasteiger partial charge on any atom is -0.756 e. The van der Waals surface area contributed by atoms with Gasteiger partial charge in [0.2, 0.25) is 0 Å². The van der Waals surface area contributed by atoms with Crippen molar-refractivity contribution in [2.24, 2.45) is 0 Å². The van der Waals surface area contributed by atoms with Crippen LogP contribution in [0.1, 0.15) is 6.23 Å². The van der Waals surface area contributed by atoms with E-state index in [0.29, 0.717) is 0 Å². The van der Waals surface area contributed by atoms with E-state index in [0.717, 1.165) is 6.33 Å². The normalized spacial score (nSPS) is 25.2. The number of hydrogen-bond donors (Lipinski definition) is 5. The Balaban J connectivity index is 0. The summed E-state index contributed by atoms with van der Waals surface area (Å²) in [5, 5.41) is 20.4. The molecule has 1 aliphatic rings. The SMILES string of the molecule is Nc1ncnc2c1ncn2[C@@H]1O[C@H](COP(=O)([O-])OP(=O)([O-])OP(=O)(O)O)[C@@H](O)[C@H]1O.O.O.[Na+].[Na+].